The van der Waals surface area contributed by atoms with Crippen LogP contribution in [0.15, 0.2) is 64.0 Å². The summed E-state index contributed by atoms with van der Waals surface area (Å²) in [5.74, 6) is -0.288. The highest BCUT2D eigenvalue weighted by Gasteiger charge is 2.31. The fourth-order valence-corrected chi connectivity index (χ4v) is 5.72. The van der Waals surface area contributed by atoms with E-state index < -0.39 is 22.5 Å². The van der Waals surface area contributed by atoms with Crippen molar-refractivity contribution in [1.82, 2.24) is 0 Å². The second-order valence-electron chi connectivity index (χ2n) is 8.48. The van der Waals surface area contributed by atoms with E-state index in [-0.39, 0.29) is 10.6 Å². The molecule has 35 heavy (non-hydrogen) atoms. The van der Waals surface area contributed by atoms with Crippen LogP contribution in [-0.4, -0.2) is 20.9 Å². The smallest absolute Gasteiger partial charge is 0.278 e. The van der Waals surface area contributed by atoms with Crippen LogP contribution in [-0.2, 0) is 21.2 Å². The van der Waals surface area contributed by atoms with Crippen LogP contribution in [0.1, 0.15) is 42.0 Å². The van der Waals surface area contributed by atoms with Crippen molar-refractivity contribution in [3.05, 3.63) is 86.3 Å². The highest BCUT2D eigenvalue weighted by molar-refractivity contribution is 9.10. The number of anilines is 1. The predicted octanol–water partition coefficient (Wildman–Crippen LogP) is 7.17. The molecule has 0 aliphatic carbocycles. The minimum absolute atomic E-state index is 0.0332. The predicted molar refractivity (Wildman–Crippen MR) is 145 cm³/mol. The lowest BCUT2D eigenvalue weighted by molar-refractivity contribution is -0.119. The molecular formula is C27H29BrClNO4S. The summed E-state index contributed by atoms with van der Waals surface area (Å²) in [4.78, 5) is 13.4. The Morgan fingerprint density at radius 1 is 1.03 bits per heavy atom. The molecule has 3 aromatic carbocycles. The molecule has 0 N–H and O–H groups in total. The minimum Gasteiger partial charge on any atom is -0.483 e. The van der Waals surface area contributed by atoms with Crippen molar-refractivity contribution in [2.75, 3.05) is 10.9 Å². The van der Waals surface area contributed by atoms with Gasteiger partial charge < -0.3 is 4.74 Å². The number of nitrogens with zero attached hydrogens (tertiary/aromatic N) is 1. The van der Waals surface area contributed by atoms with E-state index in [1.807, 2.05) is 32.9 Å². The molecule has 0 saturated carbocycles. The van der Waals surface area contributed by atoms with Gasteiger partial charge in [0.1, 0.15) is 5.75 Å². The van der Waals surface area contributed by atoms with Crippen molar-refractivity contribution >= 4 is 49.1 Å². The van der Waals surface area contributed by atoms with Gasteiger partial charge in [0.25, 0.3) is 15.9 Å². The Balaban J connectivity index is 1.96. The van der Waals surface area contributed by atoms with Crippen LogP contribution in [0.2, 0.25) is 5.02 Å². The fourth-order valence-electron chi connectivity index (χ4n) is 3.61. The third-order valence-corrected chi connectivity index (χ3v) is 9.03. The zero-order chi connectivity index (χ0) is 25.8. The zero-order valence-electron chi connectivity index (χ0n) is 20.3. The second kappa shape index (κ2) is 11.6. The van der Waals surface area contributed by atoms with Crippen LogP contribution in [0.4, 0.5) is 5.69 Å². The number of hydrogen-bond donors (Lipinski definition) is 0. The van der Waals surface area contributed by atoms with Gasteiger partial charge in [-0.25, -0.2) is 8.42 Å². The summed E-state index contributed by atoms with van der Waals surface area (Å²) in [5, 5.41) is 0.599. The van der Waals surface area contributed by atoms with Gasteiger partial charge in [-0.05, 0) is 96.6 Å². The number of halogens is 2. The Morgan fingerprint density at radius 2 is 1.66 bits per heavy atom. The first kappa shape index (κ1) is 27.2. The van der Waals surface area contributed by atoms with E-state index >= 15 is 0 Å². The van der Waals surface area contributed by atoms with E-state index in [2.05, 4.69) is 22.9 Å². The number of hydrogen-bond acceptors (Lipinski definition) is 4. The third-order valence-electron chi connectivity index (χ3n) is 5.70. The number of aryl methyl sites for hydroxylation is 3. The molecule has 8 heteroatoms. The Labute approximate surface area is 221 Å². The summed E-state index contributed by atoms with van der Waals surface area (Å²) in [5.41, 5.74) is 3.84. The van der Waals surface area contributed by atoms with Gasteiger partial charge in [-0.15, -0.1) is 0 Å². The maximum Gasteiger partial charge on any atom is 0.278 e. The number of ether oxygens (including phenoxy) is 1. The Kier molecular flexibility index (Phi) is 9.02. The molecule has 0 spiro atoms. The summed E-state index contributed by atoms with van der Waals surface area (Å²) < 4.78 is 34.4. The van der Waals surface area contributed by atoms with Crippen LogP contribution in [0, 0.1) is 20.8 Å². The first-order chi connectivity index (χ1) is 16.6. The van der Waals surface area contributed by atoms with Crippen molar-refractivity contribution in [3.8, 4) is 5.75 Å². The van der Waals surface area contributed by atoms with E-state index in [1.54, 1.807) is 30.3 Å². The molecule has 0 radical (unpaired) electrons. The molecule has 1 amide bonds. The fraction of sp³-hybridized carbons (Fsp3) is 0.296. The quantitative estimate of drug-likeness (QED) is 0.270. The Bertz CT molecular complexity index is 1310. The topological polar surface area (TPSA) is 63.7 Å². The number of amides is 1. The standard InChI is InChI=1S/C27H29BrClNO4S/c1-5-6-7-21-10-12-22(13-11-21)30(35(32,33)23-14-8-18(2)9-15-23)25(31)17-34-24-16-19(3)27(29)20(4)26(24)28/h8-16H,5-7,17H2,1-4H3. The van der Waals surface area contributed by atoms with Gasteiger partial charge in [0.2, 0.25) is 0 Å². The molecule has 0 saturated heterocycles. The van der Waals surface area contributed by atoms with Gasteiger partial charge in [0.05, 0.1) is 15.1 Å². The number of carbonyl (C=O) groups is 1. The Morgan fingerprint density at radius 3 is 2.26 bits per heavy atom. The van der Waals surface area contributed by atoms with E-state index in [1.165, 1.54) is 12.1 Å². The highest BCUT2D eigenvalue weighted by Crippen LogP contribution is 2.36. The highest BCUT2D eigenvalue weighted by atomic mass is 79.9. The van der Waals surface area contributed by atoms with Crippen LogP contribution < -0.4 is 9.04 Å². The lowest BCUT2D eigenvalue weighted by Crippen LogP contribution is -2.40. The molecule has 0 fully saturated rings. The number of sulfonamides is 1. The molecule has 186 valence electrons. The maximum absolute atomic E-state index is 13.6. The van der Waals surface area contributed by atoms with Gasteiger partial charge in [-0.2, -0.15) is 4.31 Å². The summed E-state index contributed by atoms with van der Waals surface area (Å²) in [6, 6.07) is 15.2. The SMILES string of the molecule is CCCCc1ccc(N(C(=O)COc2cc(C)c(Cl)c(C)c2Br)S(=O)(=O)c2ccc(C)cc2)cc1. The number of carbonyl (C=O) groups excluding carboxylic acids is 1. The van der Waals surface area contributed by atoms with Crippen molar-refractivity contribution < 1.29 is 17.9 Å². The molecule has 3 aromatic rings. The molecule has 0 aliphatic rings. The molecule has 0 bridgehead atoms. The van der Waals surface area contributed by atoms with Crippen LogP contribution in [0.5, 0.6) is 5.75 Å². The average Bonchev–Trinajstić information content (AvgIpc) is 2.84. The molecule has 0 aromatic heterocycles. The second-order valence-corrected chi connectivity index (χ2v) is 11.4. The Hall–Kier alpha value is -2.35. The van der Waals surface area contributed by atoms with Crippen molar-refractivity contribution in [2.24, 2.45) is 0 Å². The number of unbranched alkanes of at least 4 members (excludes halogenated alkanes) is 1. The van der Waals surface area contributed by atoms with Gasteiger partial charge in [0.15, 0.2) is 6.61 Å². The summed E-state index contributed by atoms with van der Waals surface area (Å²) in [6.07, 6.45) is 2.98. The minimum atomic E-state index is -4.17. The lowest BCUT2D eigenvalue weighted by atomic mass is 10.1. The van der Waals surface area contributed by atoms with E-state index in [9.17, 15) is 13.2 Å². The monoisotopic (exact) mass is 577 g/mol. The molecule has 0 heterocycles. The van der Waals surface area contributed by atoms with E-state index in [0.29, 0.717) is 15.2 Å². The lowest BCUT2D eigenvalue weighted by Gasteiger charge is -2.23. The van der Waals surface area contributed by atoms with Gasteiger partial charge in [0, 0.05) is 5.02 Å². The third kappa shape index (κ3) is 6.26. The van der Waals surface area contributed by atoms with E-state index in [4.69, 9.17) is 16.3 Å². The zero-order valence-corrected chi connectivity index (χ0v) is 23.4. The summed E-state index contributed by atoms with van der Waals surface area (Å²) in [6.45, 7) is 7.19. The van der Waals surface area contributed by atoms with Gasteiger partial charge in [-0.3, -0.25) is 4.79 Å². The molecule has 0 unspecified atom stereocenters. The largest absolute Gasteiger partial charge is 0.483 e. The summed E-state index contributed by atoms with van der Waals surface area (Å²) >= 11 is 9.75. The summed E-state index contributed by atoms with van der Waals surface area (Å²) in [7, 11) is -4.17. The molecule has 5 nitrogen and oxygen atoms in total. The number of rotatable bonds is 9. The van der Waals surface area contributed by atoms with Crippen molar-refractivity contribution in [1.29, 1.82) is 0 Å². The first-order valence-electron chi connectivity index (χ1n) is 11.4. The van der Waals surface area contributed by atoms with E-state index in [0.717, 1.165) is 45.8 Å². The first-order valence-corrected chi connectivity index (χ1v) is 14.0. The maximum atomic E-state index is 13.6. The van der Waals surface area contributed by atoms with Crippen LogP contribution >= 0.6 is 27.5 Å². The molecule has 0 aliphatic heterocycles. The molecular weight excluding hydrogens is 550 g/mol. The number of benzene rings is 3. The van der Waals surface area contributed by atoms with Gasteiger partial charge in [-0.1, -0.05) is 54.8 Å². The average molecular weight is 579 g/mol. The molecule has 3 rings (SSSR count). The van der Waals surface area contributed by atoms with Gasteiger partial charge >= 0.3 is 0 Å². The van der Waals surface area contributed by atoms with Crippen molar-refractivity contribution in [2.45, 2.75) is 51.9 Å². The normalized spacial score (nSPS) is 11.4. The van der Waals surface area contributed by atoms with Crippen molar-refractivity contribution in [3.63, 3.8) is 0 Å². The molecule has 0 atom stereocenters. The van der Waals surface area contributed by atoms with Crippen LogP contribution in [0.3, 0.4) is 0 Å². The van der Waals surface area contributed by atoms with Crippen LogP contribution in [0.25, 0.3) is 0 Å².